The van der Waals surface area contributed by atoms with Crippen LogP contribution in [0.2, 0.25) is 0 Å². The topological polar surface area (TPSA) is 121 Å². The van der Waals surface area contributed by atoms with Crippen LogP contribution in [-0.4, -0.2) is 32.0 Å². The summed E-state index contributed by atoms with van der Waals surface area (Å²) in [4.78, 5) is 28.5. The van der Waals surface area contributed by atoms with Crippen molar-refractivity contribution in [1.82, 2.24) is 4.57 Å². The van der Waals surface area contributed by atoms with Gasteiger partial charge in [0.2, 0.25) is 10.0 Å². The Hall–Kier alpha value is -2.82. The van der Waals surface area contributed by atoms with Crippen LogP contribution in [0.25, 0.3) is 10.2 Å². The largest absolute Gasteiger partial charge is 0.468 e. The number of amides is 1. The number of methoxy groups -OCH3 is 1. The molecule has 0 saturated carbocycles. The molecule has 0 fully saturated rings. The zero-order valence-electron chi connectivity index (χ0n) is 14.9. The molecule has 0 aliphatic carbocycles. The first-order chi connectivity index (χ1) is 13.3. The van der Waals surface area contributed by atoms with Crippen LogP contribution < -0.4 is 9.94 Å². The normalized spacial score (nSPS) is 12.3. The zero-order chi connectivity index (χ0) is 20.3. The summed E-state index contributed by atoms with van der Waals surface area (Å²) < 4.78 is 29.9. The average Bonchev–Trinajstić information content (AvgIpc) is 2.98. The van der Waals surface area contributed by atoms with Crippen molar-refractivity contribution in [3.8, 4) is 0 Å². The number of carbonyl (C=O) groups is 2. The van der Waals surface area contributed by atoms with Crippen molar-refractivity contribution in [2.24, 2.45) is 10.1 Å². The number of nitrogens with two attached hydrogens (primary N) is 1. The molecule has 28 heavy (non-hydrogen) atoms. The van der Waals surface area contributed by atoms with Gasteiger partial charge in [0.25, 0.3) is 5.91 Å². The number of rotatable bonds is 5. The number of thiazole rings is 1. The number of aromatic nitrogens is 1. The molecule has 3 aromatic rings. The molecule has 0 bridgehead atoms. The van der Waals surface area contributed by atoms with E-state index in [1.54, 1.807) is 0 Å². The Labute approximate surface area is 164 Å². The van der Waals surface area contributed by atoms with Crippen LogP contribution in [0.3, 0.4) is 0 Å². The van der Waals surface area contributed by atoms with Crippen LogP contribution in [0.4, 0.5) is 0 Å². The van der Waals surface area contributed by atoms with Crippen LogP contribution in [0.5, 0.6) is 0 Å². The number of ether oxygens (including phenoxy) is 1. The molecule has 2 N–H and O–H groups in total. The highest BCUT2D eigenvalue weighted by atomic mass is 32.2. The summed E-state index contributed by atoms with van der Waals surface area (Å²) in [7, 11) is -2.62. The van der Waals surface area contributed by atoms with E-state index in [0.717, 1.165) is 16.9 Å². The number of esters is 1. The Bertz CT molecular complexity index is 1210. The van der Waals surface area contributed by atoms with E-state index in [1.807, 2.05) is 30.3 Å². The quantitative estimate of drug-likeness (QED) is 0.623. The predicted molar refractivity (Wildman–Crippen MR) is 104 cm³/mol. The fourth-order valence-corrected chi connectivity index (χ4v) is 4.28. The Balaban J connectivity index is 2.09. The molecule has 1 aromatic heterocycles. The van der Waals surface area contributed by atoms with Gasteiger partial charge in [0.15, 0.2) is 4.80 Å². The Morgan fingerprint density at radius 3 is 2.54 bits per heavy atom. The smallest absolute Gasteiger partial charge is 0.325 e. The molecule has 0 aliphatic rings. The maximum absolute atomic E-state index is 12.4. The number of sulfonamides is 1. The fourth-order valence-electron chi connectivity index (χ4n) is 2.58. The van der Waals surface area contributed by atoms with Gasteiger partial charge in [-0.2, -0.15) is 4.99 Å². The van der Waals surface area contributed by atoms with Crippen molar-refractivity contribution < 1.29 is 22.7 Å². The molecule has 0 spiro atoms. The van der Waals surface area contributed by atoms with E-state index in [-0.39, 0.29) is 28.6 Å². The van der Waals surface area contributed by atoms with Crippen LogP contribution in [0.1, 0.15) is 5.56 Å². The molecule has 2 aromatic carbocycles. The third-order valence-corrected chi connectivity index (χ3v) is 5.87. The number of nitrogens with zero attached hydrogens (tertiary/aromatic N) is 2. The van der Waals surface area contributed by atoms with Crippen molar-refractivity contribution >= 4 is 43.5 Å². The molecule has 8 nitrogen and oxygen atoms in total. The maximum Gasteiger partial charge on any atom is 0.325 e. The van der Waals surface area contributed by atoms with Crippen molar-refractivity contribution in [3.63, 3.8) is 0 Å². The molecule has 146 valence electrons. The molecule has 0 unspecified atom stereocenters. The van der Waals surface area contributed by atoms with E-state index in [9.17, 15) is 18.0 Å². The van der Waals surface area contributed by atoms with Gasteiger partial charge in [-0.05, 0) is 23.8 Å². The summed E-state index contributed by atoms with van der Waals surface area (Å²) in [5.74, 6) is -0.907. The van der Waals surface area contributed by atoms with Gasteiger partial charge in [-0.15, -0.1) is 0 Å². The highest BCUT2D eigenvalue weighted by molar-refractivity contribution is 7.89. The van der Waals surface area contributed by atoms with Gasteiger partial charge < -0.3 is 9.30 Å². The lowest BCUT2D eigenvalue weighted by Crippen LogP contribution is -2.22. The minimum Gasteiger partial charge on any atom is -0.468 e. The van der Waals surface area contributed by atoms with Crippen molar-refractivity contribution in [1.29, 1.82) is 0 Å². The standard InChI is InChI=1S/C18H17N3O5S2/c1-26-17(23)11-21-14-8-7-13(28(19,24)25)10-15(14)27-18(21)20-16(22)9-12-5-3-2-4-6-12/h2-8,10H,9,11H2,1H3,(H2,19,24,25). The van der Waals surface area contributed by atoms with Crippen molar-refractivity contribution in [2.45, 2.75) is 17.9 Å². The summed E-state index contributed by atoms with van der Waals surface area (Å²) in [6.45, 7) is -0.164. The molecule has 1 heterocycles. The van der Waals surface area contributed by atoms with Gasteiger partial charge in [0, 0.05) is 0 Å². The van der Waals surface area contributed by atoms with E-state index in [4.69, 9.17) is 9.88 Å². The second kappa shape index (κ2) is 8.05. The third-order valence-electron chi connectivity index (χ3n) is 3.92. The Morgan fingerprint density at radius 1 is 1.18 bits per heavy atom. The van der Waals surface area contributed by atoms with Gasteiger partial charge in [0.05, 0.1) is 28.6 Å². The number of fused-ring (bicyclic) bond motifs is 1. The Morgan fingerprint density at radius 2 is 1.89 bits per heavy atom. The first-order valence-corrected chi connectivity index (χ1v) is 10.5. The van der Waals surface area contributed by atoms with Gasteiger partial charge >= 0.3 is 5.97 Å². The first kappa shape index (κ1) is 19.9. The molecule has 0 aliphatic heterocycles. The second-order valence-electron chi connectivity index (χ2n) is 5.89. The van der Waals surface area contributed by atoms with Gasteiger partial charge in [-0.1, -0.05) is 41.7 Å². The lowest BCUT2D eigenvalue weighted by Gasteiger charge is -2.04. The lowest BCUT2D eigenvalue weighted by atomic mass is 10.1. The first-order valence-electron chi connectivity index (χ1n) is 8.12. The molecule has 10 heteroatoms. The molecular weight excluding hydrogens is 402 g/mol. The van der Waals surface area contributed by atoms with E-state index in [0.29, 0.717) is 10.2 Å². The highest BCUT2D eigenvalue weighted by Crippen LogP contribution is 2.21. The highest BCUT2D eigenvalue weighted by Gasteiger charge is 2.15. The third kappa shape index (κ3) is 4.53. The van der Waals surface area contributed by atoms with Crippen LogP contribution >= 0.6 is 11.3 Å². The minimum atomic E-state index is -3.88. The minimum absolute atomic E-state index is 0.0615. The van der Waals surface area contributed by atoms with E-state index in [2.05, 4.69) is 4.99 Å². The van der Waals surface area contributed by atoms with E-state index < -0.39 is 16.0 Å². The van der Waals surface area contributed by atoms with Gasteiger partial charge in [0.1, 0.15) is 6.54 Å². The summed E-state index contributed by atoms with van der Waals surface area (Å²) >= 11 is 1.09. The van der Waals surface area contributed by atoms with Crippen LogP contribution in [-0.2, 0) is 37.3 Å². The number of primary sulfonamides is 1. The number of benzene rings is 2. The summed E-state index contributed by atoms with van der Waals surface area (Å²) in [5.41, 5.74) is 1.36. The number of hydrogen-bond acceptors (Lipinski definition) is 6. The predicted octanol–water partition coefficient (Wildman–Crippen LogP) is 1.19. The second-order valence-corrected chi connectivity index (χ2v) is 8.46. The fraction of sp³-hybridized carbons (Fsp3) is 0.167. The molecule has 0 saturated heterocycles. The molecule has 3 rings (SSSR count). The SMILES string of the molecule is COC(=O)Cn1c(=NC(=O)Cc2ccccc2)sc2cc(S(N)(=O)=O)ccc21. The van der Waals surface area contributed by atoms with Crippen molar-refractivity contribution in [3.05, 3.63) is 58.9 Å². The van der Waals surface area contributed by atoms with Crippen molar-refractivity contribution in [2.75, 3.05) is 7.11 Å². The molecule has 1 amide bonds. The molecule has 0 atom stereocenters. The summed E-state index contributed by atoms with van der Waals surface area (Å²) in [6.07, 6.45) is 0.107. The van der Waals surface area contributed by atoms with E-state index >= 15 is 0 Å². The van der Waals surface area contributed by atoms with Crippen LogP contribution in [0.15, 0.2) is 58.4 Å². The maximum atomic E-state index is 12.4. The summed E-state index contributed by atoms with van der Waals surface area (Å²) in [5, 5.41) is 5.18. The van der Waals surface area contributed by atoms with E-state index in [1.165, 1.54) is 29.9 Å². The lowest BCUT2D eigenvalue weighted by molar-refractivity contribution is -0.141. The average molecular weight is 419 g/mol. The monoisotopic (exact) mass is 419 g/mol. The Kier molecular flexibility index (Phi) is 5.73. The van der Waals surface area contributed by atoms with Gasteiger partial charge in [-0.3, -0.25) is 9.59 Å². The number of hydrogen-bond donors (Lipinski definition) is 1. The molecular formula is C18H17N3O5S2. The van der Waals surface area contributed by atoms with Gasteiger partial charge in [-0.25, -0.2) is 13.6 Å². The summed E-state index contributed by atoms with van der Waals surface area (Å²) in [6, 6.07) is 13.4. The molecule has 0 radical (unpaired) electrons. The van der Waals surface area contributed by atoms with Crippen LogP contribution in [0, 0.1) is 0 Å². The number of carbonyl (C=O) groups excluding carboxylic acids is 2. The zero-order valence-corrected chi connectivity index (χ0v) is 16.5.